The molecule has 0 aliphatic carbocycles. The largest absolute Gasteiger partial charge is 0.492 e. The van der Waals surface area contributed by atoms with E-state index in [0.717, 1.165) is 5.56 Å². The predicted octanol–water partition coefficient (Wildman–Crippen LogP) is 4.86. The van der Waals surface area contributed by atoms with Gasteiger partial charge in [-0.05, 0) is 61.5 Å². The van der Waals surface area contributed by atoms with Gasteiger partial charge in [0, 0.05) is 10.6 Å². The molecule has 1 aromatic heterocycles. The van der Waals surface area contributed by atoms with Crippen molar-refractivity contribution >= 4 is 17.5 Å². The Morgan fingerprint density at radius 2 is 1.85 bits per heavy atom. The minimum Gasteiger partial charge on any atom is -0.492 e. The summed E-state index contributed by atoms with van der Waals surface area (Å²) in [5, 5.41) is 3.41. The average molecular weight is 374 g/mol. The average Bonchev–Trinajstić information content (AvgIpc) is 3.02. The molecule has 1 amide bonds. The number of nitrogens with one attached hydrogen (secondary N) is 1. The molecule has 0 saturated carbocycles. The van der Waals surface area contributed by atoms with E-state index in [-0.39, 0.29) is 18.3 Å². The molecular formula is C20H17ClFNO3. The molecule has 2 aromatic carbocycles. The number of hydrogen-bond donors (Lipinski definition) is 1. The lowest BCUT2D eigenvalue weighted by Gasteiger charge is -2.07. The molecule has 4 nitrogen and oxygen atoms in total. The van der Waals surface area contributed by atoms with Crippen molar-refractivity contribution in [2.24, 2.45) is 0 Å². The van der Waals surface area contributed by atoms with Crippen LogP contribution in [0.15, 0.2) is 59.0 Å². The summed E-state index contributed by atoms with van der Waals surface area (Å²) < 4.78 is 23.9. The molecule has 26 heavy (non-hydrogen) atoms. The Morgan fingerprint density at radius 3 is 2.54 bits per heavy atom. The summed E-state index contributed by atoms with van der Waals surface area (Å²) in [6.07, 6.45) is 0. The quantitative estimate of drug-likeness (QED) is 0.628. The molecule has 0 aliphatic heterocycles. The fraction of sp³-hybridized carbons (Fsp3) is 0.150. The number of furan rings is 1. The SMILES string of the molecule is Cc1oc(-c2ccc(Cl)cc2)cc1C(=O)NCCOc1ccc(F)cc1. The topological polar surface area (TPSA) is 51.5 Å². The highest BCUT2D eigenvalue weighted by Crippen LogP contribution is 2.26. The van der Waals surface area contributed by atoms with E-state index in [1.807, 2.05) is 12.1 Å². The molecule has 1 heterocycles. The second kappa shape index (κ2) is 8.06. The van der Waals surface area contributed by atoms with Crippen molar-refractivity contribution in [1.29, 1.82) is 0 Å². The van der Waals surface area contributed by atoms with Gasteiger partial charge < -0.3 is 14.5 Å². The third kappa shape index (κ3) is 4.43. The van der Waals surface area contributed by atoms with E-state index < -0.39 is 0 Å². The van der Waals surface area contributed by atoms with Gasteiger partial charge in [0.2, 0.25) is 0 Å². The number of carbonyl (C=O) groups excluding carboxylic acids is 1. The summed E-state index contributed by atoms with van der Waals surface area (Å²) in [7, 11) is 0. The van der Waals surface area contributed by atoms with Crippen LogP contribution in [0, 0.1) is 12.7 Å². The van der Waals surface area contributed by atoms with Crippen molar-refractivity contribution in [1.82, 2.24) is 5.32 Å². The van der Waals surface area contributed by atoms with Crippen LogP contribution in [0.4, 0.5) is 4.39 Å². The zero-order chi connectivity index (χ0) is 18.5. The molecule has 0 radical (unpaired) electrons. The number of hydrogen-bond acceptors (Lipinski definition) is 3. The van der Waals surface area contributed by atoms with Gasteiger partial charge in [-0.25, -0.2) is 4.39 Å². The summed E-state index contributed by atoms with van der Waals surface area (Å²) in [4.78, 5) is 12.3. The first-order valence-corrected chi connectivity index (χ1v) is 8.43. The van der Waals surface area contributed by atoms with Crippen LogP contribution >= 0.6 is 11.6 Å². The Balaban J connectivity index is 1.56. The molecule has 0 spiro atoms. The molecule has 0 saturated heterocycles. The molecule has 6 heteroatoms. The van der Waals surface area contributed by atoms with Crippen LogP contribution in [0.2, 0.25) is 5.02 Å². The minimum absolute atomic E-state index is 0.242. The highest BCUT2D eigenvalue weighted by atomic mass is 35.5. The lowest BCUT2D eigenvalue weighted by Crippen LogP contribution is -2.28. The summed E-state index contributed by atoms with van der Waals surface area (Å²) in [6, 6.07) is 14.6. The van der Waals surface area contributed by atoms with Gasteiger partial charge in [-0.1, -0.05) is 11.6 Å². The first kappa shape index (κ1) is 18.0. The first-order valence-electron chi connectivity index (χ1n) is 8.06. The van der Waals surface area contributed by atoms with Gasteiger partial charge in [-0.3, -0.25) is 4.79 Å². The van der Waals surface area contributed by atoms with Gasteiger partial charge >= 0.3 is 0 Å². The molecule has 3 rings (SSSR count). The number of carbonyl (C=O) groups is 1. The van der Waals surface area contributed by atoms with E-state index in [1.165, 1.54) is 24.3 Å². The zero-order valence-electron chi connectivity index (χ0n) is 14.1. The molecule has 3 aromatic rings. The maximum Gasteiger partial charge on any atom is 0.254 e. The van der Waals surface area contributed by atoms with E-state index in [1.54, 1.807) is 25.1 Å². The monoisotopic (exact) mass is 373 g/mol. The van der Waals surface area contributed by atoms with Gasteiger partial charge in [0.05, 0.1) is 12.1 Å². The van der Waals surface area contributed by atoms with Crippen LogP contribution in [0.1, 0.15) is 16.1 Å². The highest BCUT2D eigenvalue weighted by molar-refractivity contribution is 6.30. The van der Waals surface area contributed by atoms with Gasteiger partial charge in [0.15, 0.2) is 0 Å². The Labute approximate surface area is 155 Å². The van der Waals surface area contributed by atoms with Crippen molar-refractivity contribution in [3.8, 4) is 17.1 Å². The van der Waals surface area contributed by atoms with Gasteiger partial charge in [-0.15, -0.1) is 0 Å². The number of rotatable bonds is 6. The van der Waals surface area contributed by atoms with Gasteiger partial charge in [0.1, 0.15) is 29.7 Å². The molecule has 134 valence electrons. The Kier molecular flexibility index (Phi) is 5.58. The van der Waals surface area contributed by atoms with Crippen molar-refractivity contribution in [2.45, 2.75) is 6.92 Å². The molecule has 0 atom stereocenters. The lowest BCUT2D eigenvalue weighted by atomic mass is 10.1. The smallest absolute Gasteiger partial charge is 0.254 e. The maximum atomic E-state index is 12.8. The third-order valence-electron chi connectivity index (χ3n) is 3.76. The second-order valence-electron chi connectivity index (χ2n) is 5.65. The van der Waals surface area contributed by atoms with Gasteiger partial charge in [0.25, 0.3) is 5.91 Å². The molecule has 0 fully saturated rings. The predicted molar refractivity (Wildman–Crippen MR) is 98.1 cm³/mol. The van der Waals surface area contributed by atoms with Crippen LogP contribution in [-0.4, -0.2) is 19.1 Å². The van der Waals surface area contributed by atoms with Crippen LogP contribution in [0.3, 0.4) is 0 Å². The zero-order valence-corrected chi connectivity index (χ0v) is 14.8. The third-order valence-corrected chi connectivity index (χ3v) is 4.01. The van der Waals surface area contributed by atoms with Crippen molar-refractivity contribution in [2.75, 3.05) is 13.2 Å². The summed E-state index contributed by atoms with van der Waals surface area (Å²) in [6.45, 7) is 2.33. The summed E-state index contributed by atoms with van der Waals surface area (Å²) in [5.41, 5.74) is 1.31. The normalized spacial score (nSPS) is 10.6. The number of amides is 1. The fourth-order valence-electron chi connectivity index (χ4n) is 2.42. The van der Waals surface area contributed by atoms with Crippen LogP contribution in [-0.2, 0) is 0 Å². The Hall–Kier alpha value is -2.79. The minimum atomic E-state index is -0.322. The van der Waals surface area contributed by atoms with E-state index in [2.05, 4.69) is 5.32 Å². The van der Waals surface area contributed by atoms with E-state index in [4.69, 9.17) is 20.8 Å². The summed E-state index contributed by atoms with van der Waals surface area (Å²) in [5.74, 6) is 1.12. The molecular weight excluding hydrogens is 357 g/mol. The number of halogens is 2. The van der Waals surface area contributed by atoms with Gasteiger partial charge in [-0.2, -0.15) is 0 Å². The fourth-order valence-corrected chi connectivity index (χ4v) is 2.55. The van der Waals surface area contributed by atoms with Crippen molar-refractivity contribution in [3.05, 3.63) is 76.8 Å². The van der Waals surface area contributed by atoms with Crippen LogP contribution in [0.25, 0.3) is 11.3 Å². The number of aryl methyl sites for hydroxylation is 1. The Morgan fingerprint density at radius 1 is 1.15 bits per heavy atom. The number of ether oxygens (including phenoxy) is 1. The second-order valence-corrected chi connectivity index (χ2v) is 6.08. The molecule has 0 aliphatic rings. The molecule has 0 bridgehead atoms. The van der Waals surface area contributed by atoms with Crippen LogP contribution in [0.5, 0.6) is 5.75 Å². The molecule has 0 unspecified atom stereocenters. The highest BCUT2D eigenvalue weighted by Gasteiger charge is 2.15. The standard InChI is InChI=1S/C20H17ClFNO3/c1-13-18(12-19(26-13)14-2-4-15(21)5-3-14)20(24)23-10-11-25-17-8-6-16(22)7-9-17/h2-9,12H,10-11H2,1H3,(H,23,24). The van der Waals surface area contributed by atoms with E-state index in [9.17, 15) is 9.18 Å². The maximum absolute atomic E-state index is 12.8. The Bertz CT molecular complexity index is 888. The van der Waals surface area contributed by atoms with Crippen LogP contribution < -0.4 is 10.1 Å². The van der Waals surface area contributed by atoms with Crippen molar-refractivity contribution < 1.29 is 18.3 Å². The van der Waals surface area contributed by atoms with Crippen molar-refractivity contribution in [3.63, 3.8) is 0 Å². The number of benzene rings is 2. The van der Waals surface area contributed by atoms with E-state index in [0.29, 0.717) is 34.4 Å². The first-order chi connectivity index (χ1) is 12.5. The summed E-state index contributed by atoms with van der Waals surface area (Å²) >= 11 is 5.88. The molecule has 1 N–H and O–H groups in total. The lowest BCUT2D eigenvalue weighted by molar-refractivity contribution is 0.0945. The van der Waals surface area contributed by atoms with E-state index >= 15 is 0 Å².